The van der Waals surface area contributed by atoms with Gasteiger partial charge >= 0.3 is 0 Å². The number of nitrogens with one attached hydrogen (secondary N) is 1. The number of hydrogen-bond donors (Lipinski definition) is 1. The van der Waals surface area contributed by atoms with Gasteiger partial charge in [0.2, 0.25) is 0 Å². The molecule has 114 valence electrons. The molecule has 0 bridgehead atoms. The Morgan fingerprint density at radius 2 is 1.95 bits per heavy atom. The minimum atomic E-state index is 0.767. The number of aromatic nitrogens is 4. The Balaban J connectivity index is 2.29. The zero-order valence-corrected chi connectivity index (χ0v) is 13.3. The first kappa shape index (κ1) is 15.5. The fourth-order valence-electron chi connectivity index (χ4n) is 2.54. The first-order valence-corrected chi connectivity index (χ1v) is 7.86. The predicted octanol–water partition coefficient (Wildman–Crippen LogP) is 3.06. The Morgan fingerprint density at radius 1 is 1.10 bits per heavy atom. The van der Waals surface area contributed by atoms with Crippen LogP contribution in [0.5, 0.6) is 0 Å². The highest BCUT2D eigenvalue weighted by Crippen LogP contribution is 2.20. The maximum atomic E-state index is 4.51. The van der Waals surface area contributed by atoms with Crippen molar-refractivity contribution >= 4 is 5.82 Å². The maximum Gasteiger partial charge on any atom is 0.132 e. The first-order valence-electron chi connectivity index (χ1n) is 7.86. The molecule has 0 atom stereocenters. The highest BCUT2D eigenvalue weighted by atomic mass is 15.1. The van der Waals surface area contributed by atoms with Crippen LogP contribution in [0.2, 0.25) is 0 Å². The van der Waals surface area contributed by atoms with Gasteiger partial charge in [0.05, 0.1) is 5.69 Å². The molecule has 0 aliphatic carbocycles. The molecule has 1 N–H and O–H groups in total. The molecular formula is C16H25N5. The summed E-state index contributed by atoms with van der Waals surface area (Å²) in [7, 11) is 0. The summed E-state index contributed by atoms with van der Waals surface area (Å²) in [5.74, 6) is 2.05. The molecule has 5 heteroatoms. The fourth-order valence-corrected chi connectivity index (χ4v) is 2.54. The standard InChI is InChI=1S/C16H25N5/c1-4-7-13-14(19-12-20-16(13)17-6-3)11-15-18-8-10-21(15)9-5-2/h8,10,12H,4-7,9,11H2,1-3H3,(H,17,19,20). The molecule has 0 unspecified atom stereocenters. The van der Waals surface area contributed by atoms with Crippen LogP contribution < -0.4 is 5.32 Å². The lowest BCUT2D eigenvalue weighted by Crippen LogP contribution is -2.11. The van der Waals surface area contributed by atoms with Gasteiger partial charge in [-0.05, 0) is 19.8 Å². The third-order valence-corrected chi connectivity index (χ3v) is 3.47. The third kappa shape index (κ3) is 3.80. The zero-order valence-electron chi connectivity index (χ0n) is 13.3. The van der Waals surface area contributed by atoms with Crippen LogP contribution in [-0.4, -0.2) is 26.1 Å². The summed E-state index contributed by atoms with van der Waals surface area (Å²) < 4.78 is 2.21. The number of imidazole rings is 1. The maximum absolute atomic E-state index is 4.51. The summed E-state index contributed by atoms with van der Waals surface area (Å²) in [6.45, 7) is 8.33. The van der Waals surface area contributed by atoms with Gasteiger partial charge in [-0.2, -0.15) is 0 Å². The van der Waals surface area contributed by atoms with Gasteiger partial charge in [-0.25, -0.2) is 15.0 Å². The second-order valence-corrected chi connectivity index (χ2v) is 5.14. The topological polar surface area (TPSA) is 55.6 Å². The van der Waals surface area contributed by atoms with E-state index in [1.807, 2.05) is 12.4 Å². The quantitative estimate of drug-likeness (QED) is 0.810. The van der Waals surface area contributed by atoms with Crippen LogP contribution in [0.4, 0.5) is 5.82 Å². The molecule has 0 fully saturated rings. The second-order valence-electron chi connectivity index (χ2n) is 5.14. The van der Waals surface area contributed by atoms with Gasteiger partial charge in [0.15, 0.2) is 0 Å². The van der Waals surface area contributed by atoms with E-state index >= 15 is 0 Å². The Morgan fingerprint density at radius 3 is 2.67 bits per heavy atom. The van der Waals surface area contributed by atoms with E-state index in [-0.39, 0.29) is 0 Å². The summed E-state index contributed by atoms with van der Waals surface area (Å²) in [4.78, 5) is 13.4. The number of aryl methyl sites for hydroxylation is 1. The molecule has 0 spiro atoms. The van der Waals surface area contributed by atoms with Gasteiger partial charge in [0, 0.05) is 37.5 Å². The SMILES string of the molecule is CCCc1c(Cc2nccn2CCC)ncnc1NCC. The summed E-state index contributed by atoms with van der Waals surface area (Å²) in [5.41, 5.74) is 2.32. The highest BCUT2D eigenvalue weighted by Gasteiger charge is 2.13. The number of rotatable bonds is 8. The molecule has 2 aromatic heterocycles. The molecule has 2 aromatic rings. The van der Waals surface area contributed by atoms with E-state index in [0.717, 1.165) is 56.1 Å². The molecule has 21 heavy (non-hydrogen) atoms. The van der Waals surface area contributed by atoms with E-state index in [1.165, 1.54) is 5.56 Å². The molecule has 0 saturated carbocycles. The predicted molar refractivity (Wildman–Crippen MR) is 85.5 cm³/mol. The molecule has 0 aliphatic heterocycles. The number of nitrogens with zero attached hydrogens (tertiary/aromatic N) is 4. The van der Waals surface area contributed by atoms with Crippen LogP contribution in [0.1, 0.15) is 50.7 Å². The van der Waals surface area contributed by atoms with Crippen molar-refractivity contribution in [3.63, 3.8) is 0 Å². The van der Waals surface area contributed by atoms with E-state index in [4.69, 9.17) is 0 Å². The Hall–Kier alpha value is -1.91. The smallest absolute Gasteiger partial charge is 0.132 e. The zero-order chi connectivity index (χ0) is 15.1. The Kier molecular flexibility index (Phi) is 5.72. The minimum Gasteiger partial charge on any atom is -0.370 e. The van der Waals surface area contributed by atoms with Gasteiger partial charge in [0.1, 0.15) is 18.0 Å². The lowest BCUT2D eigenvalue weighted by atomic mass is 10.1. The summed E-state index contributed by atoms with van der Waals surface area (Å²) in [6, 6.07) is 0. The van der Waals surface area contributed by atoms with Crippen molar-refractivity contribution in [1.82, 2.24) is 19.5 Å². The second kappa shape index (κ2) is 7.76. The molecule has 2 heterocycles. The lowest BCUT2D eigenvalue weighted by molar-refractivity contribution is 0.643. The Labute approximate surface area is 126 Å². The van der Waals surface area contributed by atoms with Crippen LogP contribution in [-0.2, 0) is 19.4 Å². The number of hydrogen-bond acceptors (Lipinski definition) is 4. The Bertz CT molecular complexity index is 562. The molecule has 0 aromatic carbocycles. The van der Waals surface area contributed by atoms with Crippen LogP contribution in [0, 0.1) is 0 Å². The molecule has 0 amide bonds. The van der Waals surface area contributed by atoms with Crippen molar-refractivity contribution in [1.29, 1.82) is 0 Å². The van der Waals surface area contributed by atoms with Gasteiger partial charge < -0.3 is 9.88 Å². The van der Waals surface area contributed by atoms with Crippen molar-refractivity contribution in [2.75, 3.05) is 11.9 Å². The van der Waals surface area contributed by atoms with Gasteiger partial charge in [0.25, 0.3) is 0 Å². The average molecular weight is 287 g/mol. The minimum absolute atomic E-state index is 0.767. The van der Waals surface area contributed by atoms with E-state index in [0.29, 0.717) is 0 Å². The highest BCUT2D eigenvalue weighted by molar-refractivity contribution is 5.46. The average Bonchev–Trinajstić information content (AvgIpc) is 2.90. The molecule has 5 nitrogen and oxygen atoms in total. The van der Waals surface area contributed by atoms with Gasteiger partial charge in [-0.3, -0.25) is 0 Å². The number of anilines is 1. The fraction of sp³-hybridized carbons (Fsp3) is 0.562. The van der Waals surface area contributed by atoms with Crippen molar-refractivity contribution in [3.05, 3.63) is 35.8 Å². The summed E-state index contributed by atoms with van der Waals surface area (Å²) in [6.07, 6.45) is 9.52. The van der Waals surface area contributed by atoms with E-state index in [1.54, 1.807) is 6.33 Å². The third-order valence-electron chi connectivity index (χ3n) is 3.47. The van der Waals surface area contributed by atoms with E-state index in [2.05, 4.69) is 45.6 Å². The van der Waals surface area contributed by atoms with Crippen molar-refractivity contribution in [3.8, 4) is 0 Å². The summed E-state index contributed by atoms with van der Waals surface area (Å²) >= 11 is 0. The summed E-state index contributed by atoms with van der Waals surface area (Å²) in [5, 5.41) is 3.34. The van der Waals surface area contributed by atoms with Gasteiger partial charge in [-0.15, -0.1) is 0 Å². The lowest BCUT2D eigenvalue weighted by Gasteiger charge is -2.13. The molecule has 2 rings (SSSR count). The van der Waals surface area contributed by atoms with Crippen LogP contribution in [0.25, 0.3) is 0 Å². The molecule has 0 aliphatic rings. The first-order chi connectivity index (χ1) is 10.3. The van der Waals surface area contributed by atoms with Crippen LogP contribution in [0.15, 0.2) is 18.7 Å². The normalized spacial score (nSPS) is 10.8. The molecule has 0 radical (unpaired) electrons. The molecular weight excluding hydrogens is 262 g/mol. The van der Waals surface area contributed by atoms with Crippen molar-refractivity contribution in [2.45, 2.75) is 53.0 Å². The van der Waals surface area contributed by atoms with Crippen LogP contribution >= 0.6 is 0 Å². The monoisotopic (exact) mass is 287 g/mol. The van der Waals surface area contributed by atoms with Crippen molar-refractivity contribution in [2.24, 2.45) is 0 Å². The van der Waals surface area contributed by atoms with E-state index in [9.17, 15) is 0 Å². The van der Waals surface area contributed by atoms with Crippen molar-refractivity contribution < 1.29 is 0 Å². The van der Waals surface area contributed by atoms with E-state index < -0.39 is 0 Å². The largest absolute Gasteiger partial charge is 0.370 e. The van der Waals surface area contributed by atoms with Crippen LogP contribution in [0.3, 0.4) is 0 Å². The van der Waals surface area contributed by atoms with Gasteiger partial charge in [-0.1, -0.05) is 20.3 Å². The molecule has 0 saturated heterocycles.